The van der Waals surface area contributed by atoms with Gasteiger partial charge in [0.15, 0.2) is 0 Å². The zero-order valence-electron chi connectivity index (χ0n) is 12.1. The molecule has 0 unspecified atom stereocenters. The maximum atomic E-state index is 12.1. The number of anilines is 1. The highest BCUT2D eigenvalue weighted by molar-refractivity contribution is 5.76. The third-order valence-corrected chi connectivity index (χ3v) is 3.27. The Balaban J connectivity index is 1.79. The molecular weight excluding hydrogens is 256 g/mol. The predicted molar refractivity (Wildman–Crippen MR) is 77.6 cm³/mol. The van der Waals surface area contributed by atoms with Crippen LogP contribution in [-0.4, -0.2) is 42.7 Å². The van der Waals surface area contributed by atoms with Crippen LogP contribution in [0.4, 0.5) is 5.69 Å². The number of rotatable bonds is 4. The van der Waals surface area contributed by atoms with Crippen LogP contribution < -0.4 is 10.5 Å². The average molecular weight is 278 g/mol. The second kappa shape index (κ2) is 6.13. The first-order valence-corrected chi connectivity index (χ1v) is 6.87. The first-order valence-electron chi connectivity index (χ1n) is 6.87. The van der Waals surface area contributed by atoms with E-state index in [0.29, 0.717) is 44.2 Å². The second-order valence-corrected chi connectivity index (χ2v) is 5.56. The normalized spacial score (nSPS) is 17.8. The summed E-state index contributed by atoms with van der Waals surface area (Å²) in [6.07, 6.45) is 0.352. The number of nitrogens with two attached hydrogens (primary N) is 1. The van der Waals surface area contributed by atoms with Gasteiger partial charge in [-0.2, -0.15) is 0 Å². The lowest BCUT2D eigenvalue weighted by Crippen LogP contribution is -2.50. The summed E-state index contributed by atoms with van der Waals surface area (Å²) in [5.74, 6) is 0.721. The maximum absolute atomic E-state index is 12.1. The lowest BCUT2D eigenvalue weighted by atomic mass is 10.1. The van der Waals surface area contributed by atoms with Gasteiger partial charge in [-0.15, -0.1) is 0 Å². The number of nitrogen functional groups attached to an aromatic ring is 1. The van der Waals surface area contributed by atoms with Gasteiger partial charge in [0.2, 0.25) is 5.91 Å². The van der Waals surface area contributed by atoms with E-state index in [2.05, 4.69) is 0 Å². The van der Waals surface area contributed by atoms with E-state index in [1.54, 1.807) is 12.1 Å². The molecule has 1 aliphatic rings. The fourth-order valence-corrected chi connectivity index (χ4v) is 2.25. The lowest BCUT2D eigenvalue weighted by Gasteiger charge is -2.38. The number of carbonyl (C=O) groups excluding carboxylic acids is 1. The summed E-state index contributed by atoms with van der Waals surface area (Å²) in [7, 11) is 0. The van der Waals surface area contributed by atoms with E-state index in [0.717, 1.165) is 0 Å². The number of hydrogen-bond donors (Lipinski definition) is 1. The lowest BCUT2D eigenvalue weighted by molar-refractivity contribution is -0.146. The van der Waals surface area contributed by atoms with Crippen molar-refractivity contribution in [2.24, 2.45) is 0 Å². The quantitative estimate of drug-likeness (QED) is 0.851. The number of para-hydroxylation sites is 2. The fraction of sp³-hybridized carbons (Fsp3) is 0.533. The maximum Gasteiger partial charge on any atom is 0.226 e. The summed E-state index contributed by atoms with van der Waals surface area (Å²) >= 11 is 0. The molecule has 1 amide bonds. The Kier molecular flexibility index (Phi) is 4.49. The molecule has 20 heavy (non-hydrogen) atoms. The molecule has 5 nitrogen and oxygen atoms in total. The summed E-state index contributed by atoms with van der Waals surface area (Å²) in [4.78, 5) is 14.0. The van der Waals surface area contributed by atoms with Crippen molar-refractivity contribution >= 4 is 11.6 Å². The molecule has 1 aromatic carbocycles. The van der Waals surface area contributed by atoms with Crippen LogP contribution in [0, 0.1) is 0 Å². The minimum Gasteiger partial charge on any atom is -0.491 e. The van der Waals surface area contributed by atoms with Crippen LogP contribution in [0.1, 0.15) is 20.3 Å². The van der Waals surface area contributed by atoms with E-state index in [4.69, 9.17) is 15.2 Å². The minimum atomic E-state index is -0.265. The highest BCUT2D eigenvalue weighted by atomic mass is 16.5. The number of carbonyl (C=O) groups is 1. The van der Waals surface area contributed by atoms with Crippen molar-refractivity contribution in [3.63, 3.8) is 0 Å². The number of hydrogen-bond acceptors (Lipinski definition) is 4. The highest BCUT2D eigenvalue weighted by Crippen LogP contribution is 2.20. The molecular formula is C15H22N2O3. The van der Waals surface area contributed by atoms with Gasteiger partial charge in [0.25, 0.3) is 0 Å². The van der Waals surface area contributed by atoms with Crippen molar-refractivity contribution in [2.45, 2.75) is 25.9 Å². The van der Waals surface area contributed by atoms with Crippen LogP contribution in [0.3, 0.4) is 0 Å². The molecule has 0 aromatic heterocycles. The van der Waals surface area contributed by atoms with E-state index in [1.165, 1.54) is 0 Å². The summed E-state index contributed by atoms with van der Waals surface area (Å²) < 4.78 is 11.1. The van der Waals surface area contributed by atoms with Crippen LogP contribution in [0.2, 0.25) is 0 Å². The molecule has 0 spiro atoms. The van der Waals surface area contributed by atoms with Crippen molar-refractivity contribution in [1.29, 1.82) is 0 Å². The Bertz CT molecular complexity index is 474. The topological polar surface area (TPSA) is 64.8 Å². The molecule has 2 N–H and O–H groups in total. The number of benzene rings is 1. The van der Waals surface area contributed by atoms with E-state index in [1.807, 2.05) is 30.9 Å². The number of nitrogens with zero attached hydrogens (tertiary/aromatic N) is 1. The largest absolute Gasteiger partial charge is 0.491 e. The van der Waals surface area contributed by atoms with Crippen molar-refractivity contribution in [1.82, 2.24) is 4.90 Å². The zero-order chi connectivity index (χ0) is 14.6. The van der Waals surface area contributed by atoms with Crippen LogP contribution in [0.5, 0.6) is 5.75 Å². The average Bonchev–Trinajstić information content (AvgIpc) is 2.39. The van der Waals surface area contributed by atoms with Gasteiger partial charge in [0.05, 0.1) is 30.9 Å². The Morgan fingerprint density at radius 3 is 2.90 bits per heavy atom. The Morgan fingerprint density at radius 1 is 1.45 bits per heavy atom. The van der Waals surface area contributed by atoms with Crippen LogP contribution in [-0.2, 0) is 9.53 Å². The number of ether oxygens (including phenoxy) is 2. The van der Waals surface area contributed by atoms with E-state index in [9.17, 15) is 4.79 Å². The predicted octanol–water partition coefficient (Wildman–Crippen LogP) is 1.68. The Hall–Kier alpha value is -1.75. The van der Waals surface area contributed by atoms with Crippen LogP contribution >= 0.6 is 0 Å². The molecule has 1 heterocycles. The van der Waals surface area contributed by atoms with Gasteiger partial charge in [-0.3, -0.25) is 4.79 Å². The molecule has 1 fully saturated rings. The van der Waals surface area contributed by atoms with Crippen LogP contribution in [0.15, 0.2) is 24.3 Å². The molecule has 1 saturated heterocycles. The van der Waals surface area contributed by atoms with Gasteiger partial charge in [0.1, 0.15) is 5.75 Å². The molecule has 1 aliphatic heterocycles. The summed E-state index contributed by atoms with van der Waals surface area (Å²) in [6.45, 7) is 6.19. The highest BCUT2D eigenvalue weighted by Gasteiger charge is 2.29. The molecule has 5 heteroatoms. The van der Waals surface area contributed by atoms with E-state index in [-0.39, 0.29) is 11.5 Å². The third-order valence-electron chi connectivity index (χ3n) is 3.27. The fourth-order valence-electron chi connectivity index (χ4n) is 2.25. The van der Waals surface area contributed by atoms with Crippen LogP contribution in [0.25, 0.3) is 0 Å². The van der Waals surface area contributed by atoms with Gasteiger partial charge in [-0.05, 0) is 26.0 Å². The zero-order valence-corrected chi connectivity index (χ0v) is 12.1. The SMILES string of the molecule is CC1(C)CN(C(=O)CCOc2ccccc2N)CCO1. The van der Waals surface area contributed by atoms with Gasteiger partial charge in [-0.1, -0.05) is 12.1 Å². The first-order chi connectivity index (χ1) is 9.48. The van der Waals surface area contributed by atoms with Gasteiger partial charge in [-0.25, -0.2) is 0 Å². The number of morpholine rings is 1. The minimum absolute atomic E-state index is 0.0934. The monoisotopic (exact) mass is 278 g/mol. The summed E-state index contributed by atoms with van der Waals surface area (Å²) in [5.41, 5.74) is 6.10. The molecule has 1 aromatic rings. The summed E-state index contributed by atoms with van der Waals surface area (Å²) in [5, 5.41) is 0. The Morgan fingerprint density at radius 2 is 2.20 bits per heavy atom. The Labute approximate surface area is 119 Å². The molecule has 0 bridgehead atoms. The van der Waals surface area contributed by atoms with Crippen molar-refractivity contribution < 1.29 is 14.3 Å². The van der Waals surface area contributed by atoms with E-state index >= 15 is 0 Å². The summed E-state index contributed by atoms with van der Waals surface area (Å²) in [6, 6.07) is 7.29. The van der Waals surface area contributed by atoms with Crippen molar-refractivity contribution in [3.05, 3.63) is 24.3 Å². The second-order valence-electron chi connectivity index (χ2n) is 5.56. The molecule has 0 aliphatic carbocycles. The van der Waals surface area contributed by atoms with Crippen molar-refractivity contribution in [3.8, 4) is 5.75 Å². The first kappa shape index (κ1) is 14.7. The third kappa shape index (κ3) is 3.87. The standard InChI is InChI=1S/C15H22N2O3/c1-15(2)11-17(8-10-20-15)14(18)7-9-19-13-6-4-3-5-12(13)16/h3-6H,7-11,16H2,1-2H3. The van der Waals surface area contributed by atoms with Gasteiger partial charge >= 0.3 is 0 Å². The smallest absolute Gasteiger partial charge is 0.226 e. The number of amides is 1. The van der Waals surface area contributed by atoms with Crippen molar-refractivity contribution in [2.75, 3.05) is 32.0 Å². The van der Waals surface area contributed by atoms with Gasteiger partial charge < -0.3 is 20.1 Å². The molecule has 110 valence electrons. The molecule has 0 atom stereocenters. The molecule has 2 rings (SSSR count). The molecule has 0 saturated carbocycles. The van der Waals surface area contributed by atoms with E-state index < -0.39 is 0 Å². The van der Waals surface area contributed by atoms with Gasteiger partial charge in [0, 0.05) is 13.1 Å². The molecule has 0 radical (unpaired) electrons.